The van der Waals surface area contributed by atoms with Gasteiger partial charge in [-0.2, -0.15) is 5.26 Å². The molecule has 1 aromatic carbocycles. The van der Waals surface area contributed by atoms with Gasteiger partial charge < -0.3 is 4.90 Å². The number of hydrogen-bond donors (Lipinski definition) is 0. The number of benzene rings is 1. The molecule has 2 aromatic rings. The third-order valence-electron chi connectivity index (χ3n) is 4.79. The van der Waals surface area contributed by atoms with Crippen LogP contribution in [0.1, 0.15) is 36.6 Å². The maximum absolute atomic E-state index is 14.0. The Bertz CT molecular complexity index is 901. The highest BCUT2D eigenvalue weighted by Gasteiger charge is 2.25. The van der Waals surface area contributed by atoms with Crippen molar-refractivity contribution in [2.24, 2.45) is 5.92 Å². The number of rotatable bonds is 6. The topological polar surface area (TPSA) is 69.9 Å². The molecule has 0 amide bonds. The van der Waals surface area contributed by atoms with E-state index in [1.165, 1.54) is 6.07 Å². The Morgan fingerprint density at radius 2 is 2.19 bits per heavy atom. The molecule has 0 aliphatic carbocycles. The molecule has 0 radical (unpaired) electrons. The summed E-state index contributed by atoms with van der Waals surface area (Å²) >= 11 is 0. The number of carbonyl (C=O) groups excluding carboxylic acids is 1. The van der Waals surface area contributed by atoms with Crippen molar-refractivity contribution in [2.45, 2.75) is 26.2 Å². The molecular formula is C21H21FN4O. The summed E-state index contributed by atoms with van der Waals surface area (Å²) < 4.78 is 14.0. The summed E-state index contributed by atoms with van der Waals surface area (Å²) in [4.78, 5) is 14.5. The first-order valence-electron chi connectivity index (χ1n) is 8.91. The first kappa shape index (κ1) is 18.7. The fourth-order valence-corrected chi connectivity index (χ4v) is 3.40. The van der Waals surface area contributed by atoms with Gasteiger partial charge in [-0.3, -0.25) is 4.79 Å². The molecule has 0 spiro atoms. The number of anilines is 1. The lowest BCUT2D eigenvalue weighted by molar-refractivity contribution is -0.119. The van der Waals surface area contributed by atoms with E-state index in [1.54, 1.807) is 31.2 Å². The Hall–Kier alpha value is -3.07. The first-order valence-corrected chi connectivity index (χ1v) is 8.91. The molecule has 6 heteroatoms. The number of hydrogen-bond acceptors (Lipinski definition) is 5. The highest BCUT2D eigenvalue weighted by molar-refractivity contribution is 5.81. The fourth-order valence-electron chi connectivity index (χ4n) is 3.40. The van der Waals surface area contributed by atoms with Crippen molar-refractivity contribution >= 4 is 17.2 Å². The van der Waals surface area contributed by atoms with Crippen molar-refractivity contribution in [2.75, 3.05) is 18.0 Å². The molecule has 0 N–H and O–H groups in total. The van der Waals surface area contributed by atoms with Gasteiger partial charge in [-0.25, -0.2) is 4.39 Å². The highest BCUT2D eigenvalue weighted by Crippen LogP contribution is 2.25. The molecule has 1 unspecified atom stereocenters. The zero-order valence-corrected chi connectivity index (χ0v) is 15.3. The maximum Gasteiger partial charge on any atom is 0.163 e. The number of Topliss-reactive ketones (excluding diaryl/α,β-unsaturated/α-hetero) is 1. The summed E-state index contributed by atoms with van der Waals surface area (Å²) in [7, 11) is 0. The van der Waals surface area contributed by atoms with Gasteiger partial charge in [-0.15, -0.1) is 10.2 Å². The molecule has 27 heavy (non-hydrogen) atoms. The molecule has 5 nitrogen and oxygen atoms in total. The van der Waals surface area contributed by atoms with Crippen LogP contribution >= 0.6 is 0 Å². The van der Waals surface area contributed by atoms with Crippen LogP contribution in [0.25, 0.3) is 5.57 Å². The average molecular weight is 364 g/mol. The molecule has 0 saturated carbocycles. The number of nitriles is 1. The van der Waals surface area contributed by atoms with Gasteiger partial charge in [-0.1, -0.05) is 18.7 Å². The number of allylic oxidation sites excluding steroid dienone is 1. The monoisotopic (exact) mass is 364 g/mol. The summed E-state index contributed by atoms with van der Waals surface area (Å²) in [5.41, 5.74) is 2.13. The predicted octanol–water partition coefficient (Wildman–Crippen LogP) is 3.55. The third-order valence-corrected chi connectivity index (χ3v) is 4.79. The van der Waals surface area contributed by atoms with E-state index < -0.39 is 0 Å². The molecule has 1 aliphatic rings. The Kier molecular flexibility index (Phi) is 5.60. The molecule has 1 saturated heterocycles. The van der Waals surface area contributed by atoms with Gasteiger partial charge in [0.1, 0.15) is 17.7 Å². The smallest absolute Gasteiger partial charge is 0.163 e. The SMILES string of the molecule is C=C(C)c1ccc(CC(=O)CC2CCN(c3ccc(C#N)nn3)C2)cc1F. The second kappa shape index (κ2) is 8.09. The summed E-state index contributed by atoms with van der Waals surface area (Å²) in [5, 5.41) is 16.7. The van der Waals surface area contributed by atoms with Gasteiger partial charge in [0.2, 0.25) is 0 Å². The quantitative estimate of drug-likeness (QED) is 0.784. The van der Waals surface area contributed by atoms with Crippen LogP contribution in [0.3, 0.4) is 0 Å². The third kappa shape index (κ3) is 4.56. The normalized spacial score (nSPS) is 16.2. The van der Waals surface area contributed by atoms with Gasteiger partial charge in [0, 0.05) is 31.5 Å². The Labute approximate surface area is 158 Å². The minimum absolute atomic E-state index is 0.107. The van der Waals surface area contributed by atoms with Gasteiger partial charge in [-0.05, 0) is 48.6 Å². The zero-order chi connectivity index (χ0) is 19.4. The minimum Gasteiger partial charge on any atom is -0.355 e. The van der Waals surface area contributed by atoms with Crippen molar-refractivity contribution < 1.29 is 9.18 Å². The number of halogens is 1. The van der Waals surface area contributed by atoms with Gasteiger partial charge in [0.05, 0.1) is 0 Å². The molecule has 1 atom stereocenters. The summed E-state index contributed by atoms with van der Waals surface area (Å²) in [6, 6.07) is 10.3. The van der Waals surface area contributed by atoms with E-state index in [0.29, 0.717) is 23.1 Å². The zero-order valence-electron chi connectivity index (χ0n) is 15.3. The van der Waals surface area contributed by atoms with Crippen molar-refractivity contribution in [1.82, 2.24) is 10.2 Å². The number of carbonyl (C=O) groups is 1. The Morgan fingerprint density at radius 3 is 2.81 bits per heavy atom. The van der Waals surface area contributed by atoms with E-state index in [2.05, 4.69) is 21.7 Å². The van der Waals surface area contributed by atoms with Crippen LogP contribution in [0.4, 0.5) is 10.2 Å². The average Bonchev–Trinajstić information content (AvgIpc) is 3.09. The minimum atomic E-state index is -0.334. The van der Waals surface area contributed by atoms with Gasteiger partial charge >= 0.3 is 0 Å². The van der Waals surface area contributed by atoms with Crippen LogP contribution in [-0.4, -0.2) is 29.1 Å². The largest absolute Gasteiger partial charge is 0.355 e. The van der Waals surface area contributed by atoms with E-state index in [4.69, 9.17) is 5.26 Å². The standard InChI is InChI=1S/C21H21FN4O/c1-14(2)19-5-3-15(11-20(19)22)9-18(27)10-16-7-8-26(13-16)21-6-4-17(12-23)24-25-21/h3-6,11,16H,1,7-10,13H2,2H3. The second-order valence-electron chi connectivity index (χ2n) is 7.00. The molecule has 1 aromatic heterocycles. The van der Waals surface area contributed by atoms with Crippen LogP contribution in [-0.2, 0) is 11.2 Å². The molecule has 1 aliphatic heterocycles. The van der Waals surface area contributed by atoms with Crippen molar-refractivity contribution in [3.8, 4) is 6.07 Å². The van der Waals surface area contributed by atoms with Crippen molar-refractivity contribution in [1.29, 1.82) is 5.26 Å². The lowest BCUT2D eigenvalue weighted by Crippen LogP contribution is -2.22. The lowest BCUT2D eigenvalue weighted by atomic mass is 9.96. The molecule has 2 heterocycles. The maximum atomic E-state index is 14.0. The van der Waals surface area contributed by atoms with Crippen LogP contribution in [0.2, 0.25) is 0 Å². The molecule has 1 fully saturated rings. The van der Waals surface area contributed by atoms with E-state index in [1.807, 2.05) is 6.07 Å². The Morgan fingerprint density at radius 1 is 1.37 bits per heavy atom. The van der Waals surface area contributed by atoms with Crippen LogP contribution in [0, 0.1) is 23.1 Å². The summed E-state index contributed by atoms with van der Waals surface area (Å²) in [6.45, 7) is 7.04. The number of nitrogens with zero attached hydrogens (tertiary/aromatic N) is 4. The predicted molar refractivity (Wildman–Crippen MR) is 102 cm³/mol. The van der Waals surface area contributed by atoms with E-state index in [0.717, 1.165) is 25.3 Å². The van der Waals surface area contributed by atoms with Crippen LogP contribution in [0.5, 0.6) is 0 Å². The molecule has 0 bridgehead atoms. The summed E-state index contributed by atoms with van der Waals surface area (Å²) in [6.07, 6.45) is 1.60. The summed E-state index contributed by atoms with van der Waals surface area (Å²) in [5.74, 6) is 0.741. The van der Waals surface area contributed by atoms with Crippen LogP contribution in [0.15, 0.2) is 36.9 Å². The lowest BCUT2D eigenvalue weighted by Gasteiger charge is -2.16. The van der Waals surface area contributed by atoms with Crippen molar-refractivity contribution in [3.05, 3.63) is 59.5 Å². The van der Waals surface area contributed by atoms with Crippen LogP contribution < -0.4 is 4.90 Å². The second-order valence-corrected chi connectivity index (χ2v) is 7.00. The molecule has 3 rings (SSSR count). The van der Waals surface area contributed by atoms with E-state index in [-0.39, 0.29) is 29.6 Å². The Balaban J connectivity index is 1.55. The van der Waals surface area contributed by atoms with Gasteiger partial charge in [0.15, 0.2) is 11.5 Å². The number of ketones is 1. The highest BCUT2D eigenvalue weighted by atomic mass is 19.1. The molecular weight excluding hydrogens is 343 g/mol. The number of aromatic nitrogens is 2. The van der Waals surface area contributed by atoms with Gasteiger partial charge in [0.25, 0.3) is 0 Å². The molecule has 138 valence electrons. The van der Waals surface area contributed by atoms with E-state index >= 15 is 0 Å². The fraction of sp³-hybridized carbons (Fsp3) is 0.333. The van der Waals surface area contributed by atoms with Crippen molar-refractivity contribution in [3.63, 3.8) is 0 Å². The first-order chi connectivity index (χ1) is 13.0. The van der Waals surface area contributed by atoms with E-state index in [9.17, 15) is 9.18 Å².